The van der Waals surface area contributed by atoms with Gasteiger partial charge in [0.2, 0.25) is 0 Å². The molecule has 2 rings (SSSR count). The molecule has 1 aromatic rings. The second-order valence-corrected chi connectivity index (χ2v) is 9.55. The Morgan fingerprint density at radius 2 is 2.00 bits per heavy atom. The fourth-order valence-electron chi connectivity index (χ4n) is 3.86. The molecule has 1 aliphatic heterocycles. The van der Waals surface area contributed by atoms with Crippen molar-refractivity contribution in [1.29, 1.82) is 0 Å². The highest BCUT2D eigenvalue weighted by atomic mass is 16.7. The summed E-state index contributed by atoms with van der Waals surface area (Å²) in [5.41, 5.74) is 0.0120. The number of likely N-dealkylation sites (tertiary alicyclic amines) is 1. The normalized spacial score (nSPS) is 21.5. The topological polar surface area (TPSA) is 70.1 Å². The van der Waals surface area contributed by atoms with Crippen LogP contribution in [-0.2, 0) is 25.4 Å². The number of methoxy groups -OCH3 is 2. The van der Waals surface area contributed by atoms with Crippen molar-refractivity contribution >= 4 is 5.91 Å². The van der Waals surface area contributed by atoms with E-state index in [9.17, 15) is 4.79 Å². The molecular formula is C24H40N2O5. The van der Waals surface area contributed by atoms with E-state index in [2.05, 4.69) is 39.6 Å². The Labute approximate surface area is 187 Å². The first-order valence-corrected chi connectivity index (χ1v) is 11.2. The fourth-order valence-corrected chi connectivity index (χ4v) is 3.86. The van der Waals surface area contributed by atoms with Crippen molar-refractivity contribution in [3.8, 4) is 5.75 Å². The third-order valence-corrected chi connectivity index (χ3v) is 6.17. The van der Waals surface area contributed by atoms with E-state index in [1.807, 2.05) is 12.1 Å². The number of carbonyl (C=O) groups excluding carboxylic acids is 1. The standard InChI is InChI=1S/C24H40N2O5/c1-8-23(4,5)10-12-30-20-9-11-25-19(14-20)15-24(31-17-29-7)21(13-18(2)3)26(16-28-6)22(24)27/h9,11,14,18,21H,8,10,12-13,15-17H2,1-7H3/t21-,24?/m0/s1. The number of rotatable bonds is 14. The predicted molar refractivity (Wildman–Crippen MR) is 120 cm³/mol. The van der Waals surface area contributed by atoms with Crippen LogP contribution in [-0.4, -0.2) is 61.8 Å². The van der Waals surface area contributed by atoms with Crippen LogP contribution < -0.4 is 4.74 Å². The van der Waals surface area contributed by atoms with Crippen LogP contribution in [0.4, 0.5) is 0 Å². The molecule has 0 aliphatic carbocycles. The van der Waals surface area contributed by atoms with Gasteiger partial charge >= 0.3 is 0 Å². The van der Waals surface area contributed by atoms with Gasteiger partial charge in [0.25, 0.3) is 5.91 Å². The quantitative estimate of drug-likeness (QED) is 0.324. The van der Waals surface area contributed by atoms with Gasteiger partial charge in [0.15, 0.2) is 5.60 Å². The van der Waals surface area contributed by atoms with Gasteiger partial charge < -0.3 is 23.8 Å². The maximum atomic E-state index is 13.2. The van der Waals surface area contributed by atoms with Gasteiger partial charge in [-0.05, 0) is 30.2 Å². The zero-order chi connectivity index (χ0) is 23.1. The Balaban J connectivity index is 2.19. The lowest BCUT2D eigenvalue weighted by Gasteiger charge is -2.55. The maximum Gasteiger partial charge on any atom is 0.259 e. The number of ether oxygens (including phenoxy) is 4. The summed E-state index contributed by atoms with van der Waals surface area (Å²) in [5.74, 6) is 1.07. The van der Waals surface area contributed by atoms with E-state index in [0.29, 0.717) is 18.9 Å². The Morgan fingerprint density at radius 3 is 2.61 bits per heavy atom. The highest BCUT2D eigenvalue weighted by Gasteiger charge is 2.62. The molecule has 31 heavy (non-hydrogen) atoms. The van der Waals surface area contributed by atoms with Gasteiger partial charge in [-0.1, -0.05) is 41.0 Å². The van der Waals surface area contributed by atoms with Crippen molar-refractivity contribution in [1.82, 2.24) is 9.88 Å². The smallest absolute Gasteiger partial charge is 0.259 e. The molecule has 1 fully saturated rings. The van der Waals surface area contributed by atoms with Gasteiger partial charge in [0.05, 0.1) is 12.6 Å². The van der Waals surface area contributed by atoms with Crippen LogP contribution in [0.3, 0.4) is 0 Å². The Bertz CT molecular complexity index is 709. The molecule has 1 saturated heterocycles. The van der Waals surface area contributed by atoms with Crippen molar-refractivity contribution in [2.24, 2.45) is 11.3 Å². The minimum absolute atomic E-state index is 0.0451. The van der Waals surface area contributed by atoms with E-state index >= 15 is 0 Å². The first-order valence-electron chi connectivity index (χ1n) is 11.2. The molecule has 1 aliphatic rings. The number of β-lactam (4-membered cyclic amide) rings is 1. The van der Waals surface area contributed by atoms with E-state index in [-0.39, 0.29) is 30.9 Å². The highest BCUT2D eigenvalue weighted by molar-refractivity contribution is 5.93. The van der Waals surface area contributed by atoms with Crippen LogP contribution in [0.5, 0.6) is 5.75 Å². The van der Waals surface area contributed by atoms with Crippen LogP contribution in [0.25, 0.3) is 0 Å². The lowest BCUT2D eigenvalue weighted by atomic mass is 9.75. The van der Waals surface area contributed by atoms with Gasteiger partial charge in [-0.15, -0.1) is 0 Å². The largest absolute Gasteiger partial charge is 0.493 e. The summed E-state index contributed by atoms with van der Waals surface area (Å²) in [4.78, 5) is 19.4. The van der Waals surface area contributed by atoms with Crippen LogP contribution in [0, 0.1) is 11.3 Å². The maximum absolute atomic E-state index is 13.2. The molecule has 0 bridgehead atoms. The zero-order valence-corrected chi connectivity index (χ0v) is 20.3. The third-order valence-electron chi connectivity index (χ3n) is 6.17. The third kappa shape index (κ3) is 6.40. The van der Waals surface area contributed by atoms with Crippen LogP contribution >= 0.6 is 0 Å². The predicted octanol–water partition coefficient (Wildman–Crippen LogP) is 4.05. The molecule has 7 nitrogen and oxygen atoms in total. The van der Waals surface area contributed by atoms with Gasteiger partial charge in [0.1, 0.15) is 19.3 Å². The first-order chi connectivity index (χ1) is 14.7. The number of nitrogens with zero attached hydrogens (tertiary/aromatic N) is 2. The molecule has 1 unspecified atom stereocenters. The second-order valence-electron chi connectivity index (χ2n) is 9.55. The van der Waals surface area contributed by atoms with E-state index in [1.54, 1.807) is 25.3 Å². The summed E-state index contributed by atoms with van der Waals surface area (Å²) >= 11 is 0. The van der Waals surface area contributed by atoms with Gasteiger partial charge in [-0.2, -0.15) is 0 Å². The Morgan fingerprint density at radius 1 is 1.26 bits per heavy atom. The van der Waals surface area contributed by atoms with Crippen LogP contribution in [0.2, 0.25) is 0 Å². The number of aromatic nitrogens is 1. The molecule has 0 saturated carbocycles. The van der Waals surface area contributed by atoms with Crippen molar-refractivity contribution in [2.75, 3.05) is 34.4 Å². The molecule has 2 atom stereocenters. The number of pyridine rings is 1. The van der Waals surface area contributed by atoms with E-state index in [4.69, 9.17) is 18.9 Å². The summed E-state index contributed by atoms with van der Waals surface area (Å²) < 4.78 is 22.5. The zero-order valence-electron chi connectivity index (χ0n) is 20.3. The molecule has 1 aromatic heterocycles. The number of hydrogen-bond donors (Lipinski definition) is 0. The molecule has 176 valence electrons. The minimum Gasteiger partial charge on any atom is -0.493 e. The SMILES string of the molecule is CCC(C)(C)CCOc1ccnc(CC2(OCOC)C(=O)N(COC)[C@H]2CC(C)C)c1. The number of hydrogen-bond acceptors (Lipinski definition) is 6. The van der Waals surface area contributed by atoms with Crippen LogP contribution in [0.15, 0.2) is 18.3 Å². The molecule has 2 heterocycles. The summed E-state index contributed by atoms with van der Waals surface area (Å²) in [6.07, 6.45) is 4.98. The van der Waals surface area contributed by atoms with Gasteiger partial charge in [-0.3, -0.25) is 9.78 Å². The van der Waals surface area contributed by atoms with Gasteiger partial charge in [0, 0.05) is 38.6 Å². The highest BCUT2D eigenvalue weighted by Crippen LogP contribution is 2.41. The fraction of sp³-hybridized carbons (Fsp3) is 0.750. The lowest BCUT2D eigenvalue weighted by Crippen LogP contribution is -2.76. The average Bonchev–Trinajstić information content (AvgIpc) is 2.73. The summed E-state index contributed by atoms with van der Waals surface area (Å²) in [6, 6.07) is 3.67. The Kier molecular flexibility index (Phi) is 9.28. The summed E-state index contributed by atoms with van der Waals surface area (Å²) in [5, 5.41) is 0. The molecule has 0 radical (unpaired) electrons. The first kappa shape index (κ1) is 25.6. The molecule has 0 aromatic carbocycles. The van der Waals surface area contributed by atoms with E-state index < -0.39 is 5.60 Å². The van der Waals surface area contributed by atoms with Crippen molar-refractivity contribution < 1.29 is 23.7 Å². The number of amides is 1. The van der Waals surface area contributed by atoms with Crippen molar-refractivity contribution in [2.45, 2.75) is 71.9 Å². The summed E-state index contributed by atoms with van der Waals surface area (Å²) in [6.45, 7) is 11.9. The average molecular weight is 437 g/mol. The molecule has 0 N–H and O–H groups in total. The monoisotopic (exact) mass is 436 g/mol. The number of carbonyl (C=O) groups is 1. The van der Waals surface area contributed by atoms with Crippen molar-refractivity contribution in [3.63, 3.8) is 0 Å². The molecule has 1 amide bonds. The molecule has 7 heteroatoms. The summed E-state index contributed by atoms with van der Waals surface area (Å²) in [7, 11) is 3.16. The minimum atomic E-state index is -1.01. The molecular weight excluding hydrogens is 396 g/mol. The Hall–Kier alpha value is -1.70. The van der Waals surface area contributed by atoms with E-state index in [1.165, 1.54) is 0 Å². The van der Waals surface area contributed by atoms with Crippen LogP contribution in [0.1, 0.15) is 59.6 Å². The van der Waals surface area contributed by atoms with Crippen molar-refractivity contribution in [3.05, 3.63) is 24.0 Å². The lowest BCUT2D eigenvalue weighted by molar-refractivity contribution is -0.235. The molecule has 0 spiro atoms. The second kappa shape index (κ2) is 11.2. The van der Waals surface area contributed by atoms with E-state index in [0.717, 1.165) is 30.7 Å². The van der Waals surface area contributed by atoms with Gasteiger partial charge in [-0.25, -0.2) is 0 Å².